The summed E-state index contributed by atoms with van der Waals surface area (Å²) < 4.78 is 0. The number of carbonyl (C=O) groups is 2. The molecule has 0 aliphatic heterocycles. The van der Waals surface area contributed by atoms with Crippen molar-refractivity contribution in [3.8, 4) is 0 Å². The Kier molecular flexibility index (Phi) is 5.17. The van der Waals surface area contributed by atoms with Gasteiger partial charge in [0.25, 0.3) is 0 Å². The second-order valence-electron chi connectivity index (χ2n) is 6.53. The molecule has 1 fully saturated rings. The predicted molar refractivity (Wildman–Crippen MR) is 70.2 cm³/mol. The lowest BCUT2D eigenvalue weighted by Crippen LogP contribution is -2.33. The summed E-state index contributed by atoms with van der Waals surface area (Å²) in [5, 5.41) is 11.8. The van der Waals surface area contributed by atoms with E-state index in [9.17, 15) is 9.59 Å². The molecule has 2 atom stereocenters. The molecule has 0 aromatic rings. The van der Waals surface area contributed by atoms with Crippen LogP contribution in [0.15, 0.2) is 0 Å². The maximum Gasteiger partial charge on any atom is 0.306 e. The second kappa shape index (κ2) is 6.21. The van der Waals surface area contributed by atoms with Crippen LogP contribution in [0.25, 0.3) is 0 Å². The summed E-state index contributed by atoms with van der Waals surface area (Å²) in [6.07, 6.45) is 4.53. The first kappa shape index (κ1) is 15.0. The average molecular weight is 255 g/mol. The minimum absolute atomic E-state index is 0.0632. The van der Waals surface area contributed by atoms with Crippen molar-refractivity contribution in [1.82, 2.24) is 5.32 Å². The zero-order valence-electron chi connectivity index (χ0n) is 11.7. The molecule has 0 saturated heterocycles. The largest absolute Gasteiger partial charge is 0.481 e. The van der Waals surface area contributed by atoms with Crippen molar-refractivity contribution in [3.05, 3.63) is 0 Å². The fraction of sp³-hybridized carbons (Fsp3) is 0.857. The molecule has 0 aromatic heterocycles. The second-order valence-corrected chi connectivity index (χ2v) is 6.53. The van der Waals surface area contributed by atoms with E-state index in [4.69, 9.17) is 5.11 Å². The van der Waals surface area contributed by atoms with E-state index in [0.717, 1.165) is 19.3 Å². The summed E-state index contributed by atoms with van der Waals surface area (Å²) in [6.45, 7) is 6.50. The van der Waals surface area contributed by atoms with Gasteiger partial charge in [-0.1, -0.05) is 20.8 Å². The molecule has 1 aliphatic carbocycles. The summed E-state index contributed by atoms with van der Waals surface area (Å²) in [5.41, 5.74) is 0.266. The van der Waals surface area contributed by atoms with Crippen LogP contribution in [0.2, 0.25) is 0 Å². The molecular formula is C14H25NO3. The van der Waals surface area contributed by atoms with Crippen LogP contribution in [0.4, 0.5) is 0 Å². The van der Waals surface area contributed by atoms with E-state index in [1.54, 1.807) is 0 Å². The van der Waals surface area contributed by atoms with Gasteiger partial charge in [-0.05, 0) is 37.5 Å². The van der Waals surface area contributed by atoms with Crippen molar-refractivity contribution >= 4 is 11.9 Å². The Bertz CT molecular complexity index is 307. The number of carbonyl (C=O) groups excluding carboxylic acids is 1. The lowest BCUT2D eigenvalue weighted by molar-refractivity contribution is -0.141. The molecule has 4 nitrogen and oxygen atoms in total. The molecule has 0 bridgehead atoms. The highest BCUT2D eigenvalue weighted by molar-refractivity contribution is 5.76. The SMILES string of the molecule is CC(C)(C)CCCC(=O)N[C@@H]1CC[C@H](C(=O)O)C1. The first-order valence-corrected chi connectivity index (χ1v) is 6.80. The zero-order chi connectivity index (χ0) is 13.8. The molecule has 1 amide bonds. The van der Waals surface area contributed by atoms with Gasteiger partial charge >= 0.3 is 5.97 Å². The molecule has 4 heteroatoms. The van der Waals surface area contributed by atoms with E-state index in [0.29, 0.717) is 19.3 Å². The van der Waals surface area contributed by atoms with E-state index < -0.39 is 5.97 Å². The Morgan fingerprint density at radius 3 is 2.44 bits per heavy atom. The maximum absolute atomic E-state index is 11.7. The van der Waals surface area contributed by atoms with E-state index in [-0.39, 0.29) is 23.3 Å². The van der Waals surface area contributed by atoms with Gasteiger partial charge in [-0.2, -0.15) is 0 Å². The zero-order valence-corrected chi connectivity index (χ0v) is 11.7. The van der Waals surface area contributed by atoms with Crippen molar-refractivity contribution in [2.24, 2.45) is 11.3 Å². The van der Waals surface area contributed by atoms with E-state index in [2.05, 4.69) is 26.1 Å². The highest BCUT2D eigenvalue weighted by atomic mass is 16.4. The van der Waals surface area contributed by atoms with Gasteiger partial charge in [-0.3, -0.25) is 9.59 Å². The average Bonchev–Trinajstić information content (AvgIpc) is 2.64. The number of amides is 1. The van der Waals surface area contributed by atoms with Crippen LogP contribution < -0.4 is 5.32 Å². The van der Waals surface area contributed by atoms with Gasteiger partial charge in [-0.25, -0.2) is 0 Å². The third-order valence-corrected chi connectivity index (χ3v) is 3.48. The maximum atomic E-state index is 11.7. The number of rotatable bonds is 5. The lowest BCUT2D eigenvalue weighted by atomic mass is 9.90. The highest BCUT2D eigenvalue weighted by Gasteiger charge is 2.30. The topological polar surface area (TPSA) is 66.4 Å². The summed E-state index contributed by atoms with van der Waals surface area (Å²) in [7, 11) is 0. The molecule has 0 heterocycles. The number of hydrogen-bond acceptors (Lipinski definition) is 2. The molecule has 0 aromatic carbocycles. The highest BCUT2D eigenvalue weighted by Crippen LogP contribution is 2.26. The molecule has 104 valence electrons. The molecule has 1 saturated carbocycles. The Morgan fingerprint density at radius 2 is 1.94 bits per heavy atom. The van der Waals surface area contributed by atoms with Gasteiger partial charge < -0.3 is 10.4 Å². The van der Waals surface area contributed by atoms with Crippen molar-refractivity contribution in [3.63, 3.8) is 0 Å². The minimum Gasteiger partial charge on any atom is -0.481 e. The van der Waals surface area contributed by atoms with E-state index >= 15 is 0 Å². The van der Waals surface area contributed by atoms with Crippen LogP contribution in [-0.2, 0) is 9.59 Å². The lowest BCUT2D eigenvalue weighted by Gasteiger charge is -2.18. The summed E-state index contributed by atoms with van der Waals surface area (Å²) in [4.78, 5) is 22.5. The molecule has 1 aliphatic rings. The Balaban J connectivity index is 2.20. The van der Waals surface area contributed by atoms with Crippen molar-refractivity contribution in [2.75, 3.05) is 0 Å². The quantitative estimate of drug-likeness (QED) is 0.793. The summed E-state index contributed by atoms with van der Waals surface area (Å²) in [6, 6.07) is 0.0632. The smallest absolute Gasteiger partial charge is 0.306 e. The van der Waals surface area contributed by atoms with Gasteiger partial charge in [-0.15, -0.1) is 0 Å². The Labute approximate surface area is 109 Å². The van der Waals surface area contributed by atoms with Gasteiger partial charge in [0.05, 0.1) is 5.92 Å². The van der Waals surface area contributed by atoms with Crippen LogP contribution in [0, 0.1) is 11.3 Å². The molecular weight excluding hydrogens is 230 g/mol. The van der Waals surface area contributed by atoms with Gasteiger partial charge in [0, 0.05) is 12.5 Å². The van der Waals surface area contributed by atoms with Gasteiger partial charge in [0.15, 0.2) is 0 Å². The Morgan fingerprint density at radius 1 is 1.28 bits per heavy atom. The van der Waals surface area contributed by atoms with Crippen LogP contribution in [0.3, 0.4) is 0 Å². The first-order valence-electron chi connectivity index (χ1n) is 6.80. The fourth-order valence-corrected chi connectivity index (χ4v) is 2.42. The first-order chi connectivity index (χ1) is 8.28. The fourth-order valence-electron chi connectivity index (χ4n) is 2.42. The van der Waals surface area contributed by atoms with Crippen LogP contribution in [0.5, 0.6) is 0 Å². The van der Waals surface area contributed by atoms with Crippen LogP contribution >= 0.6 is 0 Å². The molecule has 1 rings (SSSR count). The van der Waals surface area contributed by atoms with Gasteiger partial charge in [0.1, 0.15) is 0 Å². The third kappa shape index (κ3) is 5.52. The van der Waals surface area contributed by atoms with Crippen LogP contribution in [0.1, 0.15) is 59.3 Å². The number of hydrogen-bond donors (Lipinski definition) is 2. The van der Waals surface area contributed by atoms with Crippen molar-refractivity contribution in [2.45, 2.75) is 65.3 Å². The third-order valence-electron chi connectivity index (χ3n) is 3.48. The summed E-state index contributed by atoms with van der Waals surface area (Å²) >= 11 is 0. The van der Waals surface area contributed by atoms with Crippen molar-refractivity contribution < 1.29 is 14.7 Å². The number of aliphatic carboxylic acids is 1. The monoisotopic (exact) mass is 255 g/mol. The predicted octanol–water partition coefficient (Wildman–Crippen LogP) is 2.57. The van der Waals surface area contributed by atoms with E-state index in [1.807, 2.05) is 0 Å². The van der Waals surface area contributed by atoms with Gasteiger partial charge in [0.2, 0.25) is 5.91 Å². The van der Waals surface area contributed by atoms with Crippen LogP contribution in [-0.4, -0.2) is 23.0 Å². The molecule has 0 unspecified atom stereocenters. The number of carboxylic acids is 1. The Hall–Kier alpha value is -1.06. The minimum atomic E-state index is -0.737. The number of nitrogens with one attached hydrogen (secondary N) is 1. The molecule has 18 heavy (non-hydrogen) atoms. The normalized spacial score (nSPS) is 23.9. The number of carboxylic acid groups (broad SMARTS) is 1. The summed E-state index contributed by atoms with van der Waals surface area (Å²) in [5.74, 6) is -0.945. The van der Waals surface area contributed by atoms with E-state index in [1.165, 1.54) is 0 Å². The molecule has 0 spiro atoms. The van der Waals surface area contributed by atoms with Crippen molar-refractivity contribution in [1.29, 1.82) is 0 Å². The molecule has 0 radical (unpaired) electrons. The standard InChI is InChI=1S/C14H25NO3/c1-14(2,3)8-4-5-12(16)15-11-7-6-10(9-11)13(17)18/h10-11H,4-9H2,1-3H3,(H,15,16)(H,17,18)/t10-,11+/m0/s1. The molecule has 2 N–H and O–H groups in total.